The zero-order valence-electron chi connectivity index (χ0n) is 14.7. The van der Waals surface area contributed by atoms with Gasteiger partial charge in [-0.3, -0.25) is 4.79 Å². The van der Waals surface area contributed by atoms with Gasteiger partial charge in [-0.1, -0.05) is 12.1 Å². The highest BCUT2D eigenvalue weighted by molar-refractivity contribution is 5.76. The van der Waals surface area contributed by atoms with Gasteiger partial charge in [-0.15, -0.1) is 0 Å². The summed E-state index contributed by atoms with van der Waals surface area (Å²) in [6.45, 7) is 3.73. The van der Waals surface area contributed by atoms with Gasteiger partial charge in [0.15, 0.2) is 11.5 Å². The number of fused-ring (bicyclic) bond motifs is 1. The molecule has 0 aliphatic carbocycles. The summed E-state index contributed by atoms with van der Waals surface area (Å²) in [5.41, 5.74) is 1.09. The van der Waals surface area contributed by atoms with Crippen molar-refractivity contribution in [3.8, 4) is 11.5 Å². The van der Waals surface area contributed by atoms with Gasteiger partial charge in [-0.2, -0.15) is 0 Å². The molecule has 0 aromatic heterocycles. The van der Waals surface area contributed by atoms with Crippen molar-refractivity contribution in [3.05, 3.63) is 23.8 Å². The summed E-state index contributed by atoms with van der Waals surface area (Å²) in [6.07, 6.45) is 3.74. The molecule has 2 atom stereocenters. The minimum atomic E-state index is 0.311. The van der Waals surface area contributed by atoms with Crippen molar-refractivity contribution in [2.75, 3.05) is 40.4 Å². The number of rotatable bonds is 5. The summed E-state index contributed by atoms with van der Waals surface area (Å²) in [5, 5.41) is 3.47. The van der Waals surface area contributed by atoms with Gasteiger partial charge in [0.2, 0.25) is 5.91 Å². The summed E-state index contributed by atoms with van der Waals surface area (Å²) >= 11 is 0. The first-order valence-electron chi connectivity index (χ1n) is 8.91. The third-order valence-electron chi connectivity index (χ3n) is 5.46. The number of carbonyl (C=O) groups is 1. The van der Waals surface area contributed by atoms with E-state index in [1.165, 1.54) is 0 Å². The van der Waals surface area contributed by atoms with Crippen LogP contribution < -0.4 is 14.8 Å². The number of nitrogens with zero attached hydrogens (tertiary/aromatic N) is 1. The number of carbonyl (C=O) groups excluding carboxylic acids is 1. The van der Waals surface area contributed by atoms with Crippen LogP contribution in [0, 0.1) is 11.8 Å². The number of amides is 1. The fourth-order valence-electron chi connectivity index (χ4n) is 4.03. The molecule has 1 N–H and O–H groups in total. The molecule has 2 aliphatic rings. The molecule has 1 aromatic carbocycles. The van der Waals surface area contributed by atoms with Crippen LogP contribution in [0.5, 0.6) is 11.5 Å². The molecule has 0 spiro atoms. The zero-order valence-corrected chi connectivity index (χ0v) is 14.7. The first kappa shape index (κ1) is 17.1. The van der Waals surface area contributed by atoms with E-state index in [9.17, 15) is 4.79 Å². The lowest BCUT2D eigenvalue weighted by atomic mass is 9.83. The van der Waals surface area contributed by atoms with E-state index in [1.54, 1.807) is 14.2 Å². The number of piperidine rings is 1. The molecule has 5 nitrogen and oxygen atoms in total. The van der Waals surface area contributed by atoms with Crippen LogP contribution in [0.1, 0.15) is 24.8 Å². The topological polar surface area (TPSA) is 50.8 Å². The van der Waals surface area contributed by atoms with Crippen LogP contribution >= 0.6 is 0 Å². The summed E-state index contributed by atoms with van der Waals surface area (Å²) in [4.78, 5) is 14.7. The molecule has 0 bridgehead atoms. The van der Waals surface area contributed by atoms with Crippen LogP contribution in [0.25, 0.3) is 0 Å². The first-order valence-corrected chi connectivity index (χ1v) is 8.91. The first-order chi connectivity index (χ1) is 11.7. The molecule has 132 valence electrons. The van der Waals surface area contributed by atoms with Gasteiger partial charge >= 0.3 is 0 Å². The van der Waals surface area contributed by atoms with Gasteiger partial charge in [0, 0.05) is 19.5 Å². The van der Waals surface area contributed by atoms with Gasteiger partial charge < -0.3 is 19.7 Å². The molecule has 3 rings (SSSR count). The fraction of sp³-hybridized carbons (Fsp3) is 0.632. The molecule has 2 aliphatic heterocycles. The van der Waals surface area contributed by atoms with Crippen molar-refractivity contribution < 1.29 is 14.3 Å². The van der Waals surface area contributed by atoms with Crippen LogP contribution in [0.3, 0.4) is 0 Å². The zero-order chi connectivity index (χ0) is 16.9. The average molecular weight is 332 g/mol. The lowest BCUT2D eigenvalue weighted by molar-refractivity contribution is -0.131. The molecule has 0 radical (unpaired) electrons. The molecular formula is C19H28N2O3. The highest BCUT2D eigenvalue weighted by Crippen LogP contribution is 2.32. The lowest BCUT2D eigenvalue weighted by Crippen LogP contribution is -2.36. The van der Waals surface area contributed by atoms with Crippen molar-refractivity contribution in [1.82, 2.24) is 10.2 Å². The van der Waals surface area contributed by atoms with Crippen molar-refractivity contribution in [2.45, 2.75) is 25.7 Å². The number of hydrogen-bond acceptors (Lipinski definition) is 4. The molecule has 2 heterocycles. The third kappa shape index (κ3) is 3.66. The second kappa shape index (κ2) is 7.88. The van der Waals surface area contributed by atoms with Crippen LogP contribution in [0.2, 0.25) is 0 Å². The van der Waals surface area contributed by atoms with Crippen LogP contribution in [0.15, 0.2) is 18.2 Å². The highest BCUT2D eigenvalue weighted by Gasteiger charge is 2.32. The number of para-hydroxylation sites is 1. The maximum atomic E-state index is 12.6. The Hall–Kier alpha value is -1.75. The minimum Gasteiger partial charge on any atom is -0.493 e. The fourth-order valence-corrected chi connectivity index (χ4v) is 4.03. The third-order valence-corrected chi connectivity index (χ3v) is 5.46. The molecule has 1 aromatic rings. The molecule has 2 unspecified atom stereocenters. The van der Waals surface area contributed by atoms with Crippen LogP contribution in [-0.2, 0) is 11.2 Å². The maximum Gasteiger partial charge on any atom is 0.222 e. The smallest absolute Gasteiger partial charge is 0.222 e. The van der Waals surface area contributed by atoms with Crippen LogP contribution in [-0.4, -0.2) is 51.2 Å². The van der Waals surface area contributed by atoms with E-state index in [4.69, 9.17) is 9.47 Å². The summed E-state index contributed by atoms with van der Waals surface area (Å²) in [5.74, 6) is 3.05. The Bertz CT molecular complexity index is 576. The van der Waals surface area contributed by atoms with E-state index >= 15 is 0 Å². The Kier molecular flexibility index (Phi) is 5.61. The van der Waals surface area contributed by atoms with Crippen molar-refractivity contribution in [1.29, 1.82) is 0 Å². The molecular weight excluding hydrogens is 304 g/mol. The quantitative estimate of drug-likeness (QED) is 0.897. The molecule has 1 amide bonds. The number of benzene rings is 1. The van der Waals surface area contributed by atoms with Crippen molar-refractivity contribution in [2.24, 2.45) is 11.8 Å². The SMILES string of the molecule is COc1cccc(CCN2CCC3CNCCC3CC2=O)c1OC. The Morgan fingerprint density at radius 3 is 2.88 bits per heavy atom. The predicted molar refractivity (Wildman–Crippen MR) is 93.5 cm³/mol. The number of methoxy groups -OCH3 is 2. The molecule has 2 saturated heterocycles. The van der Waals surface area contributed by atoms with Gasteiger partial charge in [0.25, 0.3) is 0 Å². The Morgan fingerprint density at radius 1 is 1.21 bits per heavy atom. The molecule has 5 heteroatoms. The van der Waals surface area contributed by atoms with E-state index in [1.807, 2.05) is 23.1 Å². The average Bonchev–Trinajstić information content (AvgIpc) is 2.77. The van der Waals surface area contributed by atoms with Gasteiger partial charge in [-0.05, 0) is 55.8 Å². The molecule has 0 saturated carbocycles. The van der Waals surface area contributed by atoms with Crippen molar-refractivity contribution in [3.63, 3.8) is 0 Å². The maximum absolute atomic E-state index is 12.6. The summed E-state index contributed by atoms with van der Waals surface area (Å²) < 4.78 is 10.9. The van der Waals surface area contributed by atoms with Crippen molar-refractivity contribution >= 4 is 5.91 Å². The van der Waals surface area contributed by atoms with E-state index in [0.29, 0.717) is 24.2 Å². The summed E-state index contributed by atoms with van der Waals surface area (Å²) in [6, 6.07) is 5.92. The monoisotopic (exact) mass is 332 g/mol. The lowest BCUT2D eigenvalue weighted by Gasteiger charge is -2.29. The Morgan fingerprint density at radius 2 is 2.08 bits per heavy atom. The van der Waals surface area contributed by atoms with Gasteiger partial charge in [0.1, 0.15) is 0 Å². The standard InChI is InChI=1S/C19H28N2O3/c1-23-17-5-3-4-14(19(17)24-2)7-10-21-11-8-16-13-20-9-6-15(16)12-18(21)22/h3-5,15-16,20H,6-13H2,1-2H3. The number of nitrogens with one attached hydrogen (secondary N) is 1. The summed E-state index contributed by atoms with van der Waals surface area (Å²) in [7, 11) is 3.31. The second-order valence-electron chi connectivity index (χ2n) is 6.79. The van der Waals surface area contributed by atoms with E-state index < -0.39 is 0 Å². The normalized spacial score (nSPS) is 24.2. The largest absolute Gasteiger partial charge is 0.493 e. The minimum absolute atomic E-state index is 0.311. The Labute approximate surface area is 144 Å². The van der Waals surface area contributed by atoms with E-state index in [-0.39, 0.29) is 0 Å². The van der Waals surface area contributed by atoms with Crippen LogP contribution in [0.4, 0.5) is 0 Å². The Balaban J connectivity index is 1.65. The number of hydrogen-bond donors (Lipinski definition) is 1. The predicted octanol–water partition coefficient (Wildman–Crippen LogP) is 2.09. The molecule has 2 fully saturated rings. The second-order valence-corrected chi connectivity index (χ2v) is 6.79. The van der Waals surface area contributed by atoms with E-state index in [2.05, 4.69) is 5.32 Å². The number of likely N-dealkylation sites (tertiary alicyclic amines) is 1. The van der Waals surface area contributed by atoms with E-state index in [0.717, 1.165) is 62.5 Å². The van der Waals surface area contributed by atoms with Gasteiger partial charge in [-0.25, -0.2) is 0 Å². The number of ether oxygens (including phenoxy) is 2. The van der Waals surface area contributed by atoms with Gasteiger partial charge in [0.05, 0.1) is 14.2 Å². The molecule has 24 heavy (non-hydrogen) atoms. The highest BCUT2D eigenvalue weighted by atomic mass is 16.5.